The molecule has 3 aromatic rings. The van der Waals surface area contributed by atoms with E-state index in [0.717, 1.165) is 27.1 Å². The Bertz CT molecular complexity index is 1030. The topological polar surface area (TPSA) is 77.1 Å². The third kappa shape index (κ3) is 2.31. The highest BCUT2D eigenvalue weighted by atomic mass is 32.2. The average Bonchev–Trinajstić information content (AvgIpc) is 3.33. The van der Waals surface area contributed by atoms with E-state index in [1.165, 1.54) is 0 Å². The van der Waals surface area contributed by atoms with Gasteiger partial charge >= 0.3 is 0 Å². The number of benzene rings is 2. The molecular weight excluding hydrogens is 370 g/mol. The van der Waals surface area contributed by atoms with Crippen LogP contribution >= 0.6 is 23.5 Å². The molecule has 1 aromatic heterocycles. The third-order valence-corrected chi connectivity index (χ3v) is 6.38. The van der Waals surface area contributed by atoms with E-state index in [-0.39, 0.29) is 16.0 Å². The SMILES string of the molecule is O=[N+]([O-])c1ccc(C2SC=C3Sc4nnc(-c5ccccc5)n4N32)cc1. The maximum absolute atomic E-state index is 10.9. The van der Waals surface area contributed by atoms with Crippen LogP contribution in [0.5, 0.6) is 0 Å². The van der Waals surface area contributed by atoms with Gasteiger partial charge in [0, 0.05) is 23.1 Å². The monoisotopic (exact) mass is 381 g/mol. The summed E-state index contributed by atoms with van der Waals surface area (Å²) in [6.45, 7) is 0. The fourth-order valence-corrected chi connectivity index (χ4v) is 5.22. The first-order chi connectivity index (χ1) is 12.7. The van der Waals surface area contributed by atoms with Crippen molar-refractivity contribution in [2.45, 2.75) is 10.5 Å². The van der Waals surface area contributed by atoms with Crippen LogP contribution in [0.15, 0.2) is 70.2 Å². The summed E-state index contributed by atoms with van der Waals surface area (Å²) < 4.78 is 2.03. The summed E-state index contributed by atoms with van der Waals surface area (Å²) in [5.41, 5.74) is 2.08. The Balaban J connectivity index is 1.56. The summed E-state index contributed by atoms with van der Waals surface area (Å²) in [5.74, 6) is 0.783. The van der Waals surface area contributed by atoms with Crippen LogP contribution in [0.4, 0.5) is 5.69 Å². The molecule has 0 saturated carbocycles. The predicted octanol–water partition coefficient (Wildman–Crippen LogP) is 4.14. The van der Waals surface area contributed by atoms with Crippen LogP contribution < -0.4 is 5.01 Å². The lowest BCUT2D eigenvalue weighted by Gasteiger charge is -2.25. The molecule has 0 amide bonds. The van der Waals surface area contributed by atoms with E-state index in [9.17, 15) is 10.1 Å². The molecule has 0 N–H and O–H groups in total. The van der Waals surface area contributed by atoms with E-state index >= 15 is 0 Å². The Labute approximate surface area is 156 Å². The van der Waals surface area contributed by atoms with E-state index in [1.807, 2.05) is 47.1 Å². The maximum Gasteiger partial charge on any atom is 0.269 e. The van der Waals surface area contributed by atoms with Gasteiger partial charge in [0.2, 0.25) is 5.16 Å². The van der Waals surface area contributed by atoms with Gasteiger partial charge in [0.05, 0.1) is 4.92 Å². The van der Waals surface area contributed by atoms with E-state index in [4.69, 9.17) is 0 Å². The standard InChI is InChI=1S/C17H11N5O2S2/c23-22(24)13-8-6-12(7-9-13)16-20-14(10-25-16)26-17-19-18-15(21(17)20)11-4-2-1-3-5-11/h1-10,16H. The van der Waals surface area contributed by atoms with Crippen molar-refractivity contribution >= 4 is 29.2 Å². The van der Waals surface area contributed by atoms with Gasteiger partial charge in [0.25, 0.3) is 5.69 Å². The zero-order chi connectivity index (χ0) is 17.7. The minimum absolute atomic E-state index is 0.0157. The Kier molecular flexibility index (Phi) is 3.50. The van der Waals surface area contributed by atoms with Crippen LogP contribution in [0.3, 0.4) is 0 Å². The highest BCUT2D eigenvalue weighted by Gasteiger charge is 2.39. The van der Waals surface area contributed by atoms with Crippen molar-refractivity contribution in [3.8, 4) is 11.4 Å². The molecule has 5 rings (SSSR count). The zero-order valence-electron chi connectivity index (χ0n) is 13.2. The van der Waals surface area contributed by atoms with E-state index in [2.05, 4.69) is 20.6 Å². The number of nitro benzene ring substituents is 1. The number of hydrogen-bond donors (Lipinski definition) is 0. The van der Waals surface area contributed by atoms with Gasteiger partial charge in [0.15, 0.2) is 5.82 Å². The van der Waals surface area contributed by atoms with Gasteiger partial charge in [-0.25, -0.2) is 4.68 Å². The number of rotatable bonds is 3. The maximum atomic E-state index is 10.9. The summed E-state index contributed by atoms with van der Waals surface area (Å²) in [7, 11) is 0. The van der Waals surface area contributed by atoms with Crippen molar-refractivity contribution in [3.05, 3.63) is 80.7 Å². The summed E-state index contributed by atoms with van der Waals surface area (Å²) in [6.07, 6.45) is 0. The molecule has 2 aliphatic heterocycles. The quantitative estimate of drug-likeness (QED) is 0.498. The summed E-state index contributed by atoms with van der Waals surface area (Å²) in [6, 6.07) is 16.6. The predicted molar refractivity (Wildman–Crippen MR) is 101 cm³/mol. The summed E-state index contributed by atoms with van der Waals surface area (Å²) in [4.78, 5) is 10.5. The van der Waals surface area contributed by atoms with Crippen molar-refractivity contribution < 1.29 is 4.92 Å². The molecule has 2 aromatic carbocycles. The summed E-state index contributed by atoms with van der Waals surface area (Å²) >= 11 is 3.25. The van der Waals surface area contributed by atoms with Crippen molar-refractivity contribution in [1.82, 2.24) is 14.9 Å². The van der Waals surface area contributed by atoms with E-state index < -0.39 is 0 Å². The Hall–Kier alpha value is -2.78. The molecule has 0 fully saturated rings. The molecule has 3 heterocycles. The number of fused-ring (bicyclic) bond motifs is 3. The molecule has 1 atom stereocenters. The van der Waals surface area contributed by atoms with Gasteiger partial charge in [-0.3, -0.25) is 15.1 Å². The van der Waals surface area contributed by atoms with Gasteiger partial charge in [-0.2, -0.15) is 0 Å². The number of nitro groups is 1. The van der Waals surface area contributed by atoms with Crippen LogP contribution in [0, 0.1) is 10.1 Å². The molecule has 7 nitrogen and oxygen atoms in total. The van der Waals surface area contributed by atoms with Crippen molar-refractivity contribution in [2.24, 2.45) is 0 Å². The fraction of sp³-hybridized carbons (Fsp3) is 0.0588. The minimum Gasteiger partial charge on any atom is -0.258 e. The highest BCUT2D eigenvalue weighted by Crippen LogP contribution is 2.52. The van der Waals surface area contributed by atoms with Gasteiger partial charge in [0.1, 0.15) is 10.4 Å². The molecule has 1 unspecified atom stereocenters. The number of hydrogen-bond acceptors (Lipinski definition) is 7. The molecule has 0 aliphatic carbocycles. The minimum atomic E-state index is -0.383. The zero-order valence-corrected chi connectivity index (χ0v) is 14.9. The first-order valence-electron chi connectivity index (χ1n) is 7.80. The lowest BCUT2D eigenvalue weighted by Crippen LogP contribution is -2.29. The highest BCUT2D eigenvalue weighted by molar-refractivity contribution is 8.07. The molecule has 0 bridgehead atoms. The second kappa shape index (κ2) is 5.89. The third-order valence-electron chi connectivity index (χ3n) is 4.19. The van der Waals surface area contributed by atoms with E-state index in [1.54, 1.807) is 35.7 Å². The first-order valence-corrected chi connectivity index (χ1v) is 9.56. The average molecular weight is 381 g/mol. The van der Waals surface area contributed by atoms with Crippen molar-refractivity contribution in [3.63, 3.8) is 0 Å². The second-order valence-electron chi connectivity index (χ2n) is 5.72. The number of thioether (sulfide) groups is 2. The van der Waals surface area contributed by atoms with Crippen molar-refractivity contribution in [2.75, 3.05) is 5.01 Å². The number of non-ortho nitro benzene ring substituents is 1. The fourth-order valence-electron chi connectivity index (χ4n) is 2.99. The second-order valence-corrected chi connectivity index (χ2v) is 7.67. The molecule has 9 heteroatoms. The van der Waals surface area contributed by atoms with E-state index in [0.29, 0.717) is 0 Å². The molecular formula is C17H11N5O2S2. The van der Waals surface area contributed by atoms with Crippen LogP contribution in [0.25, 0.3) is 11.4 Å². The van der Waals surface area contributed by atoms with Crippen LogP contribution in [0.2, 0.25) is 0 Å². The lowest BCUT2D eigenvalue weighted by atomic mass is 10.2. The number of aromatic nitrogens is 3. The Morgan fingerprint density at radius 1 is 1.04 bits per heavy atom. The number of nitrogens with zero attached hydrogens (tertiary/aromatic N) is 5. The van der Waals surface area contributed by atoms with Gasteiger partial charge in [-0.15, -0.1) is 10.2 Å². The molecule has 0 spiro atoms. The summed E-state index contributed by atoms with van der Waals surface area (Å²) in [5, 5.41) is 25.7. The van der Waals surface area contributed by atoms with Crippen LogP contribution in [-0.2, 0) is 0 Å². The lowest BCUT2D eigenvalue weighted by molar-refractivity contribution is -0.384. The molecule has 0 radical (unpaired) electrons. The van der Waals surface area contributed by atoms with Gasteiger partial charge in [-0.1, -0.05) is 42.1 Å². The van der Waals surface area contributed by atoms with Crippen LogP contribution in [0.1, 0.15) is 10.9 Å². The van der Waals surface area contributed by atoms with Gasteiger partial charge < -0.3 is 0 Å². The van der Waals surface area contributed by atoms with Gasteiger partial charge in [-0.05, 0) is 29.5 Å². The largest absolute Gasteiger partial charge is 0.269 e. The Morgan fingerprint density at radius 3 is 2.54 bits per heavy atom. The normalized spacial score (nSPS) is 17.8. The molecule has 0 saturated heterocycles. The van der Waals surface area contributed by atoms with Crippen molar-refractivity contribution in [1.29, 1.82) is 0 Å². The van der Waals surface area contributed by atoms with Crippen LogP contribution in [-0.4, -0.2) is 19.8 Å². The smallest absolute Gasteiger partial charge is 0.258 e. The Morgan fingerprint density at radius 2 is 1.81 bits per heavy atom. The first kappa shape index (κ1) is 15.5. The molecule has 26 heavy (non-hydrogen) atoms. The molecule has 2 aliphatic rings. The molecule has 128 valence electrons.